The number of benzene rings is 1. The van der Waals surface area contributed by atoms with Gasteiger partial charge in [-0.25, -0.2) is 8.42 Å². The van der Waals surface area contributed by atoms with Gasteiger partial charge in [-0.3, -0.25) is 4.79 Å². The molecule has 0 N–H and O–H groups in total. The Morgan fingerprint density at radius 1 is 1.25 bits per heavy atom. The fourth-order valence-corrected chi connectivity index (χ4v) is 5.02. The van der Waals surface area contributed by atoms with E-state index in [1.807, 2.05) is 12.1 Å². The Bertz CT molecular complexity index is 936. The Hall–Kier alpha value is -2.20. The van der Waals surface area contributed by atoms with Crippen LogP contribution in [0.1, 0.15) is 31.4 Å². The smallest absolute Gasteiger partial charge is 0.263 e. The van der Waals surface area contributed by atoms with Crippen molar-refractivity contribution >= 4 is 27.3 Å². The number of sulfone groups is 1. The quantitative estimate of drug-likeness (QED) is 0.699. The number of rotatable bonds is 6. The van der Waals surface area contributed by atoms with Crippen molar-refractivity contribution in [3.05, 3.63) is 30.0 Å². The third-order valence-corrected chi connectivity index (χ3v) is 7.28. The van der Waals surface area contributed by atoms with Crippen LogP contribution in [0.5, 0.6) is 11.5 Å². The van der Waals surface area contributed by atoms with Gasteiger partial charge in [0.2, 0.25) is 0 Å². The molecule has 8 nitrogen and oxygen atoms in total. The van der Waals surface area contributed by atoms with Crippen LogP contribution >= 0.6 is 11.5 Å². The molecule has 1 atom stereocenters. The van der Waals surface area contributed by atoms with E-state index in [4.69, 9.17) is 9.47 Å². The fraction of sp³-hybridized carbons (Fsp3) is 0.500. The van der Waals surface area contributed by atoms with Gasteiger partial charge in [0.25, 0.3) is 5.91 Å². The molecule has 0 bridgehead atoms. The zero-order valence-electron chi connectivity index (χ0n) is 16.0. The Balaban J connectivity index is 1.62. The lowest BCUT2D eigenvalue weighted by Gasteiger charge is -2.33. The zero-order chi connectivity index (χ0) is 20.3. The van der Waals surface area contributed by atoms with Crippen molar-refractivity contribution < 1.29 is 22.7 Å². The van der Waals surface area contributed by atoms with Gasteiger partial charge >= 0.3 is 0 Å². The van der Waals surface area contributed by atoms with Gasteiger partial charge in [-0.1, -0.05) is 16.6 Å². The molecule has 1 aliphatic heterocycles. The van der Waals surface area contributed by atoms with E-state index in [1.54, 1.807) is 31.1 Å². The molecule has 3 rings (SSSR count). The topological polar surface area (TPSA) is 98.7 Å². The third-order valence-electron chi connectivity index (χ3n) is 4.73. The summed E-state index contributed by atoms with van der Waals surface area (Å²) in [5.74, 6) is 0.972. The summed E-state index contributed by atoms with van der Waals surface area (Å²) in [6, 6.07) is 7.19. The largest absolute Gasteiger partial charge is 0.493 e. The molecule has 0 spiro atoms. The maximum atomic E-state index is 12.8. The van der Waals surface area contributed by atoms with E-state index in [1.165, 1.54) is 6.26 Å². The molecule has 1 amide bonds. The van der Waals surface area contributed by atoms with E-state index in [2.05, 4.69) is 9.59 Å². The number of piperidine rings is 1. The van der Waals surface area contributed by atoms with Crippen molar-refractivity contribution in [2.24, 2.45) is 0 Å². The number of hydrogen-bond donors (Lipinski definition) is 0. The maximum absolute atomic E-state index is 12.8. The van der Waals surface area contributed by atoms with Crippen molar-refractivity contribution in [2.45, 2.75) is 36.0 Å². The summed E-state index contributed by atoms with van der Waals surface area (Å²) in [5, 5.41) is 4.03. The summed E-state index contributed by atoms with van der Waals surface area (Å²) < 4.78 is 38.9. The molecule has 2 heterocycles. The molecule has 0 aliphatic carbocycles. The number of methoxy groups -OCH3 is 1. The van der Waals surface area contributed by atoms with Crippen LogP contribution < -0.4 is 9.47 Å². The van der Waals surface area contributed by atoms with Crippen LogP contribution in [-0.2, 0) is 14.6 Å². The van der Waals surface area contributed by atoms with E-state index < -0.39 is 15.9 Å². The van der Waals surface area contributed by atoms with Crippen LogP contribution in [0, 0.1) is 0 Å². The highest BCUT2D eigenvalue weighted by Crippen LogP contribution is 2.33. The van der Waals surface area contributed by atoms with Gasteiger partial charge in [0, 0.05) is 36.8 Å². The van der Waals surface area contributed by atoms with E-state index in [0.717, 1.165) is 11.5 Å². The lowest BCUT2D eigenvalue weighted by atomic mass is 9.94. The molecule has 10 heteroatoms. The lowest BCUT2D eigenvalue weighted by molar-refractivity contribution is -0.139. The first-order valence-corrected chi connectivity index (χ1v) is 11.6. The minimum atomic E-state index is -3.34. The van der Waals surface area contributed by atoms with E-state index >= 15 is 0 Å². The van der Waals surface area contributed by atoms with Crippen LogP contribution in [0.3, 0.4) is 0 Å². The average molecular weight is 426 g/mol. The van der Waals surface area contributed by atoms with Gasteiger partial charge in [-0.05, 0) is 31.9 Å². The van der Waals surface area contributed by atoms with Gasteiger partial charge < -0.3 is 14.4 Å². The summed E-state index contributed by atoms with van der Waals surface area (Å²) in [5.41, 5.74) is 0.526. The van der Waals surface area contributed by atoms with E-state index in [-0.39, 0.29) is 16.0 Å². The highest BCUT2D eigenvalue weighted by molar-refractivity contribution is 7.92. The number of ether oxygens (including phenoxy) is 2. The van der Waals surface area contributed by atoms with Gasteiger partial charge in [0.05, 0.1) is 12.8 Å². The number of carbonyl (C=O) groups is 1. The highest BCUT2D eigenvalue weighted by atomic mass is 32.2. The van der Waals surface area contributed by atoms with E-state index in [0.29, 0.717) is 43.1 Å². The number of carbonyl (C=O) groups excluding carboxylic acids is 1. The van der Waals surface area contributed by atoms with Gasteiger partial charge in [0.15, 0.2) is 31.6 Å². The number of likely N-dealkylation sites (tertiary alicyclic amines) is 1. The molecule has 1 fully saturated rings. The second kappa shape index (κ2) is 8.44. The molecule has 0 radical (unpaired) electrons. The maximum Gasteiger partial charge on any atom is 0.263 e. The predicted octanol–water partition coefficient (Wildman–Crippen LogP) is 2.12. The van der Waals surface area contributed by atoms with Crippen LogP contribution in [0.4, 0.5) is 0 Å². The first-order chi connectivity index (χ1) is 13.3. The Kier molecular flexibility index (Phi) is 6.19. The molecule has 1 aliphatic rings. The molecule has 1 unspecified atom stereocenters. The van der Waals surface area contributed by atoms with Crippen molar-refractivity contribution in [3.8, 4) is 11.5 Å². The average Bonchev–Trinajstić information content (AvgIpc) is 3.18. The number of aromatic nitrogens is 2. The molecule has 152 valence electrons. The minimum Gasteiger partial charge on any atom is -0.493 e. The first-order valence-electron chi connectivity index (χ1n) is 8.92. The summed E-state index contributed by atoms with van der Waals surface area (Å²) in [6.07, 6.45) is 1.80. The Labute approximate surface area is 168 Å². The minimum absolute atomic E-state index is 0.0158. The molecule has 2 aromatic rings. The summed E-state index contributed by atoms with van der Waals surface area (Å²) >= 11 is 0.905. The highest BCUT2D eigenvalue weighted by Gasteiger charge is 2.32. The number of hydrogen-bond acceptors (Lipinski definition) is 8. The fourth-order valence-electron chi connectivity index (χ4n) is 3.28. The Morgan fingerprint density at radius 2 is 1.89 bits per heavy atom. The lowest BCUT2D eigenvalue weighted by Crippen LogP contribution is -2.44. The zero-order valence-corrected chi connectivity index (χ0v) is 17.6. The summed E-state index contributed by atoms with van der Waals surface area (Å²) in [6.45, 7) is 2.75. The number of para-hydroxylation sites is 2. The van der Waals surface area contributed by atoms with Gasteiger partial charge in [-0.15, -0.1) is 5.10 Å². The van der Waals surface area contributed by atoms with Crippen LogP contribution in [0.2, 0.25) is 0 Å². The molecule has 28 heavy (non-hydrogen) atoms. The second-order valence-electron chi connectivity index (χ2n) is 6.73. The van der Waals surface area contributed by atoms with Crippen molar-refractivity contribution in [1.82, 2.24) is 14.5 Å². The van der Waals surface area contributed by atoms with Crippen molar-refractivity contribution in [1.29, 1.82) is 0 Å². The monoisotopic (exact) mass is 425 g/mol. The van der Waals surface area contributed by atoms with Gasteiger partial charge in [0.1, 0.15) is 0 Å². The van der Waals surface area contributed by atoms with Crippen LogP contribution in [0.15, 0.2) is 28.5 Å². The third kappa shape index (κ3) is 4.44. The summed E-state index contributed by atoms with van der Waals surface area (Å²) in [7, 11) is -1.79. The summed E-state index contributed by atoms with van der Waals surface area (Å²) in [4.78, 5) is 14.5. The SMILES string of the molecule is COc1ccccc1OC(C)C(=O)N1CCC(c2nnsc2S(C)(=O)=O)CC1. The molecule has 1 saturated heterocycles. The normalized spacial score (nSPS) is 16.6. The molecular weight excluding hydrogens is 402 g/mol. The number of nitrogens with zero attached hydrogens (tertiary/aromatic N) is 3. The second-order valence-corrected chi connectivity index (χ2v) is 9.69. The molecule has 1 aromatic heterocycles. The molecule has 0 saturated carbocycles. The standard InChI is InChI=1S/C18H23N3O5S2/c1-12(26-15-7-5-4-6-14(15)25-2)17(22)21-10-8-13(9-11-21)16-18(27-20-19-16)28(3,23)24/h4-7,12-13H,8-11H2,1-3H3. The van der Waals surface area contributed by atoms with Crippen molar-refractivity contribution in [2.75, 3.05) is 26.5 Å². The molecular formula is C18H23N3O5S2. The van der Waals surface area contributed by atoms with E-state index in [9.17, 15) is 13.2 Å². The predicted molar refractivity (Wildman–Crippen MR) is 105 cm³/mol. The van der Waals surface area contributed by atoms with Crippen molar-refractivity contribution in [3.63, 3.8) is 0 Å². The van der Waals surface area contributed by atoms with Crippen LogP contribution in [0.25, 0.3) is 0 Å². The van der Waals surface area contributed by atoms with Crippen LogP contribution in [-0.4, -0.2) is 61.4 Å². The van der Waals surface area contributed by atoms with Gasteiger partial charge in [-0.2, -0.15) is 0 Å². The first kappa shape index (κ1) is 20.5. The number of amides is 1. The molecule has 1 aromatic carbocycles. The Morgan fingerprint density at radius 3 is 2.50 bits per heavy atom.